The van der Waals surface area contributed by atoms with Crippen LogP contribution in [-0.2, 0) is 4.74 Å². The van der Waals surface area contributed by atoms with Crippen LogP contribution in [0.1, 0.15) is 26.2 Å². The first-order valence-corrected chi connectivity index (χ1v) is 6.52. The largest absolute Gasteiger partial charge is 0.379 e. The van der Waals surface area contributed by atoms with Crippen molar-refractivity contribution < 1.29 is 4.74 Å². The highest BCUT2D eigenvalue weighted by Gasteiger charge is 2.18. The molecule has 2 nitrogen and oxygen atoms in total. The number of morpholine rings is 1. The standard InChI is InChI=1S/C10H21NOS/c1-3-4-5-10(13-2)11-6-8-12-9-7-11/h10H,3-9H2,1-2H3. The van der Waals surface area contributed by atoms with E-state index in [0.29, 0.717) is 0 Å². The molecule has 1 aliphatic rings. The molecule has 0 spiro atoms. The van der Waals surface area contributed by atoms with Crippen molar-refractivity contribution in [3.05, 3.63) is 0 Å². The highest BCUT2D eigenvalue weighted by molar-refractivity contribution is 7.99. The molecule has 0 bridgehead atoms. The molecule has 0 radical (unpaired) electrons. The molecule has 0 amide bonds. The predicted octanol–water partition coefficient (Wildman–Crippen LogP) is 2.20. The van der Waals surface area contributed by atoms with Gasteiger partial charge in [0.2, 0.25) is 0 Å². The number of thioether (sulfide) groups is 1. The zero-order valence-electron chi connectivity index (χ0n) is 8.79. The van der Waals surface area contributed by atoms with Crippen LogP contribution in [0, 0.1) is 0 Å². The van der Waals surface area contributed by atoms with Gasteiger partial charge >= 0.3 is 0 Å². The van der Waals surface area contributed by atoms with E-state index in [-0.39, 0.29) is 0 Å². The van der Waals surface area contributed by atoms with Crippen LogP contribution in [0.25, 0.3) is 0 Å². The van der Waals surface area contributed by atoms with Gasteiger partial charge in [-0.15, -0.1) is 11.8 Å². The number of rotatable bonds is 5. The average Bonchev–Trinajstić information content (AvgIpc) is 2.21. The molecule has 1 heterocycles. The monoisotopic (exact) mass is 203 g/mol. The van der Waals surface area contributed by atoms with Gasteiger partial charge < -0.3 is 4.74 Å². The molecule has 0 aliphatic carbocycles. The Morgan fingerprint density at radius 3 is 2.62 bits per heavy atom. The Morgan fingerprint density at radius 1 is 1.38 bits per heavy atom. The summed E-state index contributed by atoms with van der Waals surface area (Å²) >= 11 is 1.99. The molecular formula is C10H21NOS. The van der Waals surface area contributed by atoms with Crippen LogP contribution in [0.2, 0.25) is 0 Å². The topological polar surface area (TPSA) is 12.5 Å². The van der Waals surface area contributed by atoms with Crippen LogP contribution in [-0.4, -0.2) is 42.8 Å². The number of nitrogens with zero attached hydrogens (tertiary/aromatic N) is 1. The fourth-order valence-corrected chi connectivity index (χ4v) is 2.61. The summed E-state index contributed by atoms with van der Waals surface area (Å²) in [6, 6.07) is 0. The van der Waals surface area contributed by atoms with E-state index in [1.807, 2.05) is 11.8 Å². The van der Waals surface area contributed by atoms with Gasteiger partial charge in [-0.25, -0.2) is 0 Å². The molecule has 1 fully saturated rings. The maximum Gasteiger partial charge on any atom is 0.0594 e. The van der Waals surface area contributed by atoms with Crippen molar-refractivity contribution in [2.75, 3.05) is 32.6 Å². The second-order valence-corrected chi connectivity index (χ2v) is 4.50. The minimum absolute atomic E-state index is 0.726. The number of hydrogen-bond acceptors (Lipinski definition) is 3. The highest BCUT2D eigenvalue weighted by Crippen LogP contribution is 2.19. The summed E-state index contributed by atoms with van der Waals surface area (Å²) in [6.45, 7) is 6.34. The van der Waals surface area contributed by atoms with E-state index in [1.165, 1.54) is 19.3 Å². The van der Waals surface area contributed by atoms with Gasteiger partial charge in [0.05, 0.1) is 18.6 Å². The molecule has 0 aromatic rings. The SMILES string of the molecule is CCCCC(SC)N1CCOCC1. The van der Waals surface area contributed by atoms with Crippen molar-refractivity contribution in [2.45, 2.75) is 31.6 Å². The van der Waals surface area contributed by atoms with Gasteiger partial charge in [0.15, 0.2) is 0 Å². The molecule has 78 valence electrons. The van der Waals surface area contributed by atoms with Gasteiger partial charge in [-0.1, -0.05) is 19.8 Å². The molecule has 1 unspecified atom stereocenters. The van der Waals surface area contributed by atoms with Crippen molar-refractivity contribution >= 4 is 11.8 Å². The van der Waals surface area contributed by atoms with Crippen molar-refractivity contribution in [3.8, 4) is 0 Å². The van der Waals surface area contributed by atoms with E-state index in [2.05, 4.69) is 18.1 Å². The van der Waals surface area contributed by atoms with Gasteiger partial charge in [-0.3, -0.25) is 4.90 Å². The third-order valence-electron chi connectivity index (χ3n) is 2.53. The van der Waals surface area contributed by atoms with Crippen molar-refractivity contribution in [1.82, 2.24) is 4.90 Å². The van der Waals surface area contributed by atoms with Gasteiger partial charge in [0.25, 0.3) is 0 Å². The molecule has 3 heteroatoms. The maximum atomic E-state index is 5.35. The van der Waals surface area contributed by atoms with Crippen LogP contribution in [0.3, 0.4) is 0 Å². The first kappa shape index (κ1) is 11.3. The molecule has 1 aliphatic heterocycles. The van der Waals surface area contributed by atoms with Crippen LogP contribution >= 0.6 is 11.8 Å². The van der Waals surface area contributed by atoms with Crippen LogP contribution in [0.15, 0.2) is 0 Å². The van der Waals surface area contributed by atoms with Gasteiger partial charge in [0, 0.05) is 13.1 Å². The number of hydrogen-bond donors (Lipinski definition) is 0. The summed E-state index contributed by atoms with van der Waals surface area (Å²) in [4.78, 5) is 2.56. The van der Waals surface area contributed by atoms with Crippen molar-refractivity contribution in [1.29, 1.82) is 0 Å². The third kappa shape index (κ3) is 3.88. The Balaban J connectivity index is 2.26. The molecule has 0 aromatic heterocycles. The van der Waals surface area contributed by atoms with Gasteiger partial charge in [-0.05, 0) is 12.7 Å². The van der Waals surface area contributed by atoms with E-state index >= 15 is 0 Å². The molecular weight excluding hydrogens is 182 g/mol. The van der Waals surface area contributed by atoms with Crippen molar-refractivity contribution in [2.24, 2.45) is 0 Å². The second kappa shape index (κ2) is 6.68. The Bertz CT molecular complexity index is 126. The third-order valence-corrected chi connectivity index (χ3v) is 3.61. The Labute approximate surface area is 86.0 Å². The van der Waals surface area contributed by atoms with Crippen molar-refractivity contribution in [3.63, 3.8) is 0 Å². The van der Waals surface area contributed by atoms with Gasteiger partial charge in [0.1, 0.15) is 0 Å². The predicted molar refractivity (Wildman–Crippen MR) is 59.2 cm³/mol. The van der Waals surface area contributed by atoms with Crippen LogP contribution in [0.5, 0.6) is 0 Å². The second-order valence-electron chi connectivity index (χ2n) is 3.48. The molecule has 0 aromatic carbocycles. The summed E-state index contributed by atoms with van der Waals surface area (Å²) in [5.41, 5.74) is 0. The highest BCUT2D eigenvalue weighted by atomic mass is 32.2. The Hall–Kier alpha value is 0.270. The zero-order valence-corrected chi connectivity index (χ0v) is 9.61. The average molecular weight is 203 g/mol. The lowest BCUT2D eigenvalue weighted by Crippen LogP contribution is -2.41. The minimum atomic E-state index is 0.726. The lowest BCUT2D eigenvalue weighted by Gasteiger charge is -2.33. The fourth-order valence-electron chi connectivity index (χ4n) is 1.69. The van der Waals surface area contributed by atoms with Crippen LogP contribution in [0.4, 0.5) is 0 Å². The van der Waals surface area contributed by atoms with E-state index in [4.69, 9.17) is 4.74 Å². The molecule has 13 heavy (non-hydrogen) atoms. The van der Waals surface area contributed by atoms with E-state index < -0.39 is 0 Å². The normalized spacial score (nSPS) is 21.7. The summed E-state index contributed by atoms with van der Waals surface area (Å²) in [7, 11) is 0. The quantitative estimate of drug-likeness (QED) is 0.679. The fraction of sp³-hybridized carbons (Fsp3) is 1.00. The van der Waals surface area contributed by atoms with Crippen LogP contribution < -0.4 is 0 Å². The summed E-state index contributed by atoms with van der Waals surface area (Å²) in [6.07, 6.45) is 6.21. The Morgan fingerprint density at radius 2 is 2.08 bits per heavy atom. The number of ether oxygens (including phenoxy) is 1. The minimum Gasteiger partial charge on any atom is -0.379 e. The summed E-state index contributed by atoms with van der Waals surface area (Å²) in [5, 5.41) is 0.726. The maximum absolute atomic E-state index is 5.35. The molecule has 1 rings (SSSR count). The lowest BCUT2D eigenvalue weighted by atomic mass is 10.2. The summed E-state index contributed by atoms with van der Waals surface area (Å²) in [5.74, 6) is 0. The molecule has 1 saturated heterocycles. The van der Waals surface area contributed by atoms with E-state index in [1.54, 1.807) is 0 Å². The van der Waals surface area contributed by atoms with E-state index in [9.17, 15) is 0 Å². The summed E-state index contributed by atoms with van der Waals surface area (Å²) < 4.78 is 5.35. The molecule has 1 atom stereocenters. The smallest absolute Gasteiger partial charge is 0.0594 e. The van der Waals surface area contributed by atoms with E-state index in [0.717, 1.165) is 31.7 Å². The first-order valence-electron chi connectivity index (χ1n) is 5.23. The number of unbranched alkanes of at least 4 members (excludes halogenated alkanes) is 1. The molecule has 0 saturated carbocycles. The lowest BCUT2D eigenvalue weighted by molar-refractivity contribution is 0.0312. The molecule has 0 N–H and O–H groups in total. The zero-order chi connectivity index (χ0) is 9.52. The Kier molecular flexibility index (Phi) is 5.83. The first-order chi connectivity index (χ1) is 6.38. The van der Waals surface area contributed by atoms with Gasteiger partial charge in [-0.2, -0.15) is 0 Å².